The zero-order valence-electron chi connectivity index (χ0n) is 16.0. The third kappa shape index (κ3) is 4.94. The van der Waals surface area contributed by atoms with E-state index in [1.54, 1.807) is 17.4 Å². The molecule has 0 bridgehead atoms. The van der Waals surface area contributed by atoms with Gasteiger partial charge in [-0.05, 0) is 55.0 Å². The van der Waals surface area contributed by atoms with Gasteiger partial charge in [-0.1, -0.05) is 0 Å². The van der Waals surface area contributed by atoms with Crippen molar-refractivity contribution in [1.29, 1.82) is 0 Å². The number of amides is 2. The van der Waals surface area contributed by atoms with E-state index in [-0.39, 0.29) is 18.4 Å². The lowest BCUT2D eigenvalue weighted by Crippen LogP contribution is -2.32. The standard InChI is InChI=1S/C22H23N3O4/c26-21(23-17-7-9-18(10-8-17)25-11-1-6-22(25)27)16-24(14-19-4-2-12-28-19)15-20-5-3-13-29-20/h2-5,7-10,12-13H,1,6,11,14-16H2,(H,23,26). The topological polar surface area (TPSA) is 78.9 Å². The molecule has 2 aromatic heterocycles. The Hall–Kier alpha value is -3.32. The van der Waals surface area contributed by atoms with Gasteiger partial charge in [0.2, 0.25) is 11.8 Å². The third-order valence-corrected chi connectivity index (χ3v) is 4.82. The maximum Gasteiger partial charge on any atom is 0.238 e. The van der Waals surface area contributed by atoms with Crippen LogP contribution in [0.15, 0.2) is 69.9 Å². The Labute approximate surface area is 168 Å². The van der Waals surface area contributed by atoms with Crippen molar-refractivity contribution in [3.8, 4) is 0 Å². The van der Waals surface area contributed by atoms with Crippen LogP contribution in [0.1, 0.15) is 24.4 Å². The number of rotatable bonds is 8. The van der Waals surface area contributed by atoms with Crippen molar-refractivity contribution < 1.29 is 18.4 Å². The van der Waals surface area contributed by atoms with Gasteiger partial charge >= 0.3 is 0 Å². The van der Waals surface area contributed by atoms with Gasteiger partial charge in [0.05, 0.1) is 32.2 Å². The molecule has 1 aromatic carbocycles. The van der Waals surface area contributed by atoms with Crippen LogP contribution in [0.2, 0.25) is 0 Å². The normalized spacial score (nSPS) is 14.0. The predicted molar refractivity (Wildman–Crippen MR) is 108 cm³/mol. The molecular formula is C22H23N3O4. The maximum atomic E-state index is 12.6. The smallest absolute Gasteiger partial charge is 0.238 e. The van der Waals surface area contributed by atoms with Crippen molar-refractivity contribution >= 4 is 23.2 Å². The van der Waals surface area contributed by atoms with Crippen LogP contribution in [0.5, 0.6) is 0 Å². The monoisotopic (exact) mass is 393 g/mol. The number of nitrogens with one attached hydrogen (secondary N) is 1. The Morgan fingerprint density at radius 2 is 1.66 bits per heavy atom. The number of nitrogens with zero attached hydrogens (tertiary/aromatic N) is 2. The van der Waals surface area contributed by atoms with Crippen molar-refractivity contribution in [3.05, 3.63) is 72.6 Å². The number of hydrogen-bond acceptors (Lipinski definition) is 5. The van der Waals surface area contributed by atoms with Gasteiger partial charge in [0.25, 0.3) is 0 Å². The lowest BCUT2D eigenvalue weighted by molar-refractivity contribution is -0.118. The summed E-state index contributed by atoms with van der Waals surface area (Å²) in [5.41, 5.74) is 1.56. The van der Waals surface area contributed by atoms with Gasteiger partial charge in [-0.3, -0.25) is 14.5 Å². The van der Waals surface area contributed by atoms with Crippen molar-refractivity contribution in [2.75, 3.05) is 23.3 Å². The SMILES string of the molecule is O=C(CN(Cc1ccco1)Cc1ccco1)Nc1ccc(N2CCCC2=O)cc1. The van der Waals surface area contributed by atoms with Crippen molar-refractivity contribution in [2.45, 2.75) is 25.9 Å². The summed E-state index contributed by atoms with van der Waals surface area (Å²) in [5, 5.41) is 2.92. The van der Waals surface area contributed by atoms with Gasteiger partial charge in [0.15, 0.2) is 0 Å². The van der Waals surface area contributed by atoms with E-state index >= 15 is 0 Å². The molecule has 0 radical (unpaired) electrons. The zero-order valence-corrected chi connectivity index (χ0v) is 16.0. The molecular weight excluding hydrogens is 370 g/mol. The molecule has 1 fully saturated rings. The molecule has 29 heavy (non-hydrogen) atoms. The molecule has 0 atom stereocenters. The molecule has 1 aliphatic heterocycles. The van der Waals surface area contributed by atoms with Crippen molar-refractivity contribution in [2.24, 2.45) is 0 Å². The Morgan fingerprint density at radius 3 is 2.17 bits per heavy atom. The summed E-state index contributed by atoms with van der Waals surface area (Å²) in [6.07, 6.45) is 4.72. The Balaban J connectivity index is 1.37. The number of carbonyl (C=O) groups excluding carboxylic acids is 2. The lowest BCUT2D eigenvalue weighted by atomic mass is 10.2. The minimum absolute atomic E-state index is 0.131. The fourth-order valence-corrected chi connectivity index (χ4v) is 3.46. The Bertz CT molecular complexity index is 897. The number of anilines is 2. The van der Waals surface area contributed by atoms with Crippen LogP contribution >= 0.6 is 0 Å². The average Bonchev–Trinajstić information content (AvgIpc) is 3.46. The molecule has 0 spiro atoms. The van der Waals surface area contributed by atoms with E-state index in [1.165, 1.54) is 0 Å². The number of furan rings is 2. The van der Waals surface area contributed by atoms with Crippen LogP contribution in [0, 0.1) is 0 Å². The third-order valence-electron chi connectivity index (χ3n) is 4.82. The van der Waals surface area contributed by atoms with Crippen molar-refractivity contribution in [3.63, 3.8) is 0 Å². The van der Waals surface area contributed by atoms with E-state index < -0.39 is 0 Å². The molecule has 1 saturated heterocycles. The van der Waals surface area contributed by atoms with Crippen LogP contribution in [0.4, 0.5) is 11.4 Å². The first-order valence-electron chi connectivity index (χ1n) is 9.65. The highest BCUT2D eigenvalue weighted by molar-refractivity contribution is 5.96. The number of benzene rings is 1. The van der Waals surface area contributed by atoms with Gasteiger partial charge in [0.1, 0.15) is 11.5 Å². The molecule has 0 unspecified atom stereocenters. The second-order valence-electron chi connectivity index (χ2n) is 7.05. The summed E-state index contributed by atoms with van der Waals surface area (Å²) in [7, 11) is 0. The van der Waals surface area contributed by atoms with Crippen LogP contribution in [0.25, 0.3) is 0 Å². The first-order chi connectivity index (χ1) is 14.2. The number of carbonyl (C=O) groups is 2. The van der Waals surface area contributed by atoms with E-state index in [4.69, 9.17) is 8.83 Å². The van der Waals surface area contributed by atoms with Gasteiger partial charge in [0, 0.05) is 24.3 Å². The molecule has 0 saturated carbocycles. The fourth-order valence-electron chi connectivity index (χ4n) is 3.46. The summed E-state index contributed by atoms with van der Waals surface area (Å²) in [5.74, 6) is 1.58. The van der Waals surface area contributed by atoms with Gasteiger partial charge in [-0.15, -0.1) is 0 Å². The molecule has 3 heterocycles. The van der Waals surface area contributed by atoms with Crippen molar-refractivity contribution in [1.82, 2.24) is 4.90 Å². The highest BCUT2D eigenvalue weighted by Gasteiger charge is 2.21. The summed E-state index contributed by atoms with van der Waals surface area (Å²) >= 11 is 0. The van der Waals surface area contributed by atoms with Crippen LogP contribution in [-0.2, 0) is 22.7 Å². The highest BCUT2D eigenvalue weighted by atomic mass is 16.3. The molecule has 4 rings (SSSR count). The van der Waals surface area contributed by atoms with E-state index in [9.17, 15) is 9.59 Å². The molecule has 7 heteroatoms. The van der Waals surface area contributed by atoms with Gasteiger partial charge < -0.3 is 19.1 Å². The first-order valence-corrected chi connectivity index (χ1v) is 9.65. The van der Waals surface area contributed by atoms with E-state index in [1.807, 2.05) is 53.4 Å². The fraction of sp³-hybridized carbons (Fsp3) is 0.273. The zero-order chi connectivity index (χ0) is 20.1. The molecule has 7 nitrogen and oxygen atoms in total. The molecule has 2 amide bonds. The van der Waals surface area contributed by atoms with Crippen LogP contribution < -0.4 is 10.2 Å². The molecule has 150 valence electrons. The average molecular weight is 393 g/mol. The second kappa shape index (κ2) is 8.79. The number of hydrogen-bond donors (Lipinski definition) is 1. The van der Waals surface area contributed by atoms with E-state index in [0.29, 0.717) is 25.2 Å². The predicted octanol–water partition coefficient (Wildman–Crippen LogP) is 3.64. The van der Waals surface area contributed by atoms with Crippen LogP contribution in [-0.4, -0.2) is 29.8 Å². The molecule has 1 N–H and O–H groups in total. The van der Waals surface area contributed by atoms with Gasteiger partial charge in [-0.25, -0.2) is 0 Å². The van der Waals surface area contributed by atoms with Gasteiger partial charge in [-0.2, -0.15) is 0 Å². The second-order valence-corrected chi connectivity index (χ2v) is 7.05. The van der Waals surface area contributed by atoms with E-state index in [2.05, 4.69) is 5.32 Å². The Kier molecular flexibility index (Phi) is 5.76. The Morgan fingerprint density at radius 1 is 1.00 bits per heavy atom. The van der Waals surface area contributed by atoms with E-state index in [0.717, 1.165) is 30.2 Å². The summed E-state index contributed by atoms with van der Waals surface area (Å²) in [6, 6.07) is 14.8. The maximum absolute atomic E-state index is 12.6. The summed E-state index contributed by atoms with van der Waals surface area (Å²) < 4.78 is 10.8. The summed E-state index contributed by atoms with van der Waals surface area (Å²) in [6.45, 7) is 1.93. The quantitative estimate of drug-likeness (QED) is 0.632. The molecule has 1 aliphatic rings. The minimum Gasteiger partial charge on any atom is -0.468 e. The van der Waals surface area contributed by atoms with Crippen LogP contribution in [0.3, 0.4) is 0 Å². The summed E-state index contributed by atoms with van der Waals surface area (Å²) in [4.78, 5) is 28.2. The highest BCUT2D eigenvalue weighted by Crippen LogP contribution is 2.23. The molecule has 3 aromatic rings. The largest absolute Gasteiger partial charge is 0.468 e. The first kappa shape index (κ1) is 19.0. The molecule has 0 aliphatic carbocycles. The minimum atomic E-state index is -0.131. The lowest BCUT2D eigenvalue weighted by Gasteiger charge is -2.20.